The van der Waals surface area contributed by atoms with Crippen molar-refractivity contribution in [3.05, 3.63) is 74.2 Å². The first-order chi connectivity index (χ1) is 18.2. The van der Waals surface area contributed by atoms with Crippen molar-refractivity contribution >= 4 is 40.5 Å². The number of aliphatic imine (C=N–C) groups is 1. The first-order valence-corrected chi connectivity index (χ1v) is 14.0. The van der Waals surface area contributed by atoms with Crippen LogP contribution in [0.1, 0.15) is 65.4 Å². The molecule has 3 heterocycles. The number of amides is 2. The lowest BCUT2D eigenvalue weighted by Gasteiger charge is -2.13. The van der Waals surface area contributed by atoms with Crippen molar-refractivity contribution in [2.24, 2.45) is 10.9 Å². The monoisotopic (exact) mass is 550 g/mol. The number of rotatable bonds is 9. The van der Waals surface area contributed by atoms with Gasteiger partial charge in [0.25, 0.3) is 0 Å². The van der Waals surface area contributed by atoms with Crippen LogP contribution in [0.15, 0.2) is 40.9 Å². The number of halogens is 1. The number of thiophene rings is 1. The van der Waals surface area contributed by atoms with Gasteiger partial charge in [-0.2, -0.15) is 0 Å². The molecule has 1 aliphatic carbocycles. The van der Waals surface area contributed by atoms with Gasteiger partial charge >= 0.3 is 0 Å². The smallest absolute Gasteiger partial charge is 0.222 e. The maximum Gasteiger partial charge on any atom is 0.222 e. The third-order valence-electron chi connectivity index (χ3n) is 7.10. The second kappa shape index (κ2) is 10.8. The predicted octanol–water partition coefficient (Wildman–Crippen LogP) is 4.78. The number of hydrogen-bond donors (Lipinski definition) is 2. The van der Waals surface area contributed by atoms with Crippen molar-refractivity contribution in [2.75, 3.05) is 13.1 Å². The second-order valence-electron chi connectivity index (χ2n) is 9.88. The maximum atomic E-state index is 13.0. The van der Waals surface area contributed by atoms with Crippen LogP contribution in [0.25, 0.3) is 5.00 Å². The Morgan fingerprint density at radius 3 is 2.50 bits per heavy atom. The summed E-state index contributed by atoms with van der Waals surface area (Å²) in [5.41, 5.74) is 5.25. The summed E-state index contributed by atoms with van der Waals surface area (Å²) in [4.78, 5) is 31.4. The highest BCUT2D eigenvalue weighted by Crippen LogP contribution is 2.39. The Hall–Kier alpha value is -3.30. The van der Waals surface area contributed by atoms with E-state index >= 15 is 0 Å². The minimum absolute atomic E-state index is 0.00806. The van der Waals surface area contributed by atoms with E-state index in [1.54, 1.807) is 11.3 Å². The Morgan fingerprint density at radius 1 is 1.05 bits per heavy atom. The predicted molar refractivity (Wildman–Crippen MR) is 150 cm³/mol. The van der Waals surface area contributed by atoms with E-state index in [2.05, 4.69) is 47.7 Å². The first kappa shape index (κ1) is 26.3. The van der Waals surface area contributed by atoms with Crippen LogP contribution >= 0.6 is 22.9 Å². The summed E-state index contributed by atoms with van der Waals surface area (Å²) >= 11 is 7.85. The molecule has 2 N–H and O–H groups in total. The number of aromatic nitrogens is 3. The van der Waals surface area contributed by atoms with E-state index in [1.165, 1.54) is 10.5 Å². The van der Waals surface area contributed by atoms with Gasteiger partial charge in [0.2, 0.25) is 11.8 Å². The van der Waals surface area contributed by atoms with E-state index in [0.29, 0.717) is 42.7 Å². The zero-order valence-electron chi connectivity index (χ0n) is 22.0. The molecule has 198 valence electrons. The van der Waals surface area contributed by atoms with Gasteiger partial charge in [0, 0.05) is 46.5 Å². The molecule has 3 aromatic rings. The zero-order valence-corrected chi connectivity index (χ0v) is 23.5. The molecule has 0 fully saturated rings. The largest absolute Gasteiger partial charge is 0.356 e. The van der Waals surface area contributed by atoms with Crippen molar-refractivity contribution in [1.29, 1.82) is 0 Å². The van der Waals surface area contributed by atoms with E-state index in [-0.39, 0.29) is 18.2 Å². The highest BCUT2D eigenvalue weighted by Gasteiger charge is 2.32. The van der Waals surface area contributed by atoms with Crippen molar-refractivity contribution in [3.63, 3.8) is 0 Å². The summed E-state index contributed by atoms with van der Waals surface area (Å²) in [5.74, 6) is 1.68. The van der Waals surface area contributed by atoms with Crippen LogP contribution in [-0.4, -0.2) is 45.4 Å². The molecule has 2 aliphatic rings. The van der Waals surface area contributed by atoms with Crippen LogP contribution < -0.4 is 10.6 Å². The molecule has 2 aromatic heterocycles. The normalized spacial score (nSPS) is 17.6. The highest BCUT2D eigenvalue weighted by molar-refractivity contribution is 7.15. The number of fused-ring (bicyclic) bond motifs is 3. The molecule has 5 rings (SSSR count). The Kier molecular flexibility index (Phi) is 7.49. The fraction of sp³-hybridized carbons (Fsp3) is 0.393. The average molecular weight is 551 g/mol. The van der Waals surface area contributed by atoms with Gasteiger partial charge in [0.05, 0.1) is 12.1 Å². The van der Waals surface area contributed by atoms with E-state index in [9.17, 15) is 9.59 Å². The first-order valence-electron chi connectivity index (χ1n) is 12.8. The van der Waals surface area contributed by atoms with E-state index in [1.807, 2.05) is 35.8 Å². The second-order valence-corrected chi connectivity index (χ2v) is 11.5. The van der Waals surface area contributed by atoms with Crippen molar-refractivity contribution in [2.45, 2.75) is 53.0 Å². The van der Waals surface area contributed by atoms with Gasteiger partial charge in [-0.3, -0.25) is 19.1 Å². The fourth-order valence-corrected chi connectivity index (χ4v) is 6.00. The Bertz CT molecular complexity index is 1450. The highest BCUT2D eigenvalue weighted by atomic mass is 35.5. The molecular weight excluding hydrogens is 520 g/mol. The third-order valence-corrected chi connectivity index (χ3v) is 8.54. The summed E-state index contributed by atoms with van der Waals surface area (Å²) in [7, 11) is 0. The maximum absolute atomic E-state index is 13.0. The molecule has 1 aliphatic heterocycles. The van der Waals surface area contributed by atoms with Crippen LogP contribution in [0.2, 0.25) is 5.02 Å². The summed E-state index contributed by atoms with van der Waals surface area (Å²) in [5, 5.41) is 16.3. The van der Waals surface area contributed by atoms with Crippen molar-refractivity contribution < 1.29 is 9.59 Å². The standard InChI is InChI=1S/C28H31ClN6O2S/c1-15-12-20(15)14-31-23(36)6-5-11-30-24(37)13-22-27-34-33-18(4)35(27)28-25(16(2)17(3)38-28)26(32-22)19-7-9-21(29)10-8-19/h7-10,12,20,22H,5-6,11,13-14H2,1-4H3,(H,30,37)(H,31,36)/t20?,22-/m0/s1. The molecular formula is C28H31ClN6O2S. The average Bonchev–Trinajstić information content (AvgIpc) is 3.39. The van der Waals surface area contributed by atoms with Gasteiger partial charge in [-0.15, -0.1) is 21.5 Å². The van der Waals surface area contributed by atoms with Crippen LogP contribution in [0.3, 0.4) is 0 Å². The van der Waals surface area contributed by atoms with Gasteiger partial charge in [0.1, 0.15) is 16.9 Å². The lowest BCUT2D eigenvalue weighted by molar-refractivity contribution is -0.123. The van der Waals surface area contributed by atoms with E-state index in [0.717, 1.165) is 33.2 Å². The van der Waals surface area contributed by atoms with Gasteiger partial charge in [-0.25, -0.2) is 0 Å². The number of nitrogens with zero attached hydrogens (tertiary/aromatic N) is 4. The van der Waals surface area contributed by atoms with E-state index in [4.69, 9.17) is 16.6 Å². The SMILES string of the molecule is CC1=CC1CNC(=O)CCCNC(=O)C[C@@H]1N=C(c2ccc(Cl)cc2)c2c(sc(C)c2C)-n2c(C)nnc21. The number of benzene rings is 1. The lowest BCUT2D eigenvalue weighted by Crippen LogP contribution is -2.29. The molecule has 0 saturated carbocycles. The molecule has 1 unspecified atom stereocenters. The molecule has 38 heavy (non-hydrogen) atoms. The van der Waals surface area contributed by atoms with Crippen LogP contribution in [-0.2, 0) is 9.59 Å². The molecule has 0 spiro atoms. The van der Waals surface area contributed by atoms with Gasteiger partial charge in [0.15, 0.2) is 5.82 Å². The van der Waals surface area contributed by atoms with Gasteiger partial charge in [-0.1, -0.05) is 35.4 Å². The lowest BCUT2D eigenvalue weighted by atomic mass is 9.99. The molecule has 8 nitrogen and oxygen atoms in total. The van der Waals surface area contributed by atoms with Crippen LogP contribution in [0.5, 0.6) is 0 Å². The third kappa shape index (κ3) is 5.44. The number of aryl methyl sites for hydroxylation is 2. The number of carbonyl (C=O) groups excluding carboxylic acids is 2. The Morgan fingerprint density at radius 2 is 1.79 bits per heavy atom. The van der Waals surface area contributed by atoms with E-state index < -0.39 is 6.04 Å². The van der Waals surface area contributed by atoms with Crippen LogP contribution in [0, 0.1) is 26.7 Å². The summed E-state index contributed by atoms with van der Waals surface area (Å²) < 4.78 is 2.03. The van der Waals surface area contributed by atoms with Gasteiger partial charge < -0.3 is 10.6 Å². The molecule has 0 bridgehead atoms. The minimum Gasteiger partial charge on any atom is -0.356 e. The zero-order chi connectivity index (χ0) is 27.0. The summed E-state index contributed by atoms with van der Waals surface area (Å²) in [6, 6.07) is 7.10. The number of nitrogens with one attached hydrogen (secondary N) is 2. The Labute approximate surface area is 231 Å². The number of carbonyl (C=O) groups is 2. The minimum atomic E-state index is -0.515. The molecule has 10 heteroatoms. The topological polar surface area (TPSA) is 101 Å². The summed E-state index contributed by atoms with van der Waals surface area (Å²) in [6.07, 6.45) is 3.21. The summed E-state index contributed by atoms with van der Waals surface area (Å²) in [6.45, 7) is 9.26. The molecule has 1 aromatic carbocycles. The molecule has 2 atom stereocenters. The molecule has 0 radical (unpaired) electrons. The molecule has 0 saturated heterocycles. The quantitative estimate of drug-likeness (QED) is 0.296. The molecule has 2 amide bonds. The van der Waals surface area contributed by atoms with Crippen molar-refractivity contribution in [1.82, 2.24) is 25.4 Å². The fourth-order valence-electron chi connectivity index (χ4n) is 4.66. The Balaban J connectivity index is 1.33. The van der Waals surface area contributed by atoms with Crippen LogP contribution in [0.4, 0.5) is 0 Å². The number of hydrogen-bond acceptors (Lipinski definition) is 6. The van der Waals surface area contributed by atoms with Gasteiger partial charge in [-0.05, 0) is 51.8 Å². The van der Waals surface area contributed by atoms with Crippen molar-refractivity contribution in [3.8, 4) is 5.00 Å².